The molecule has 1 aliphatic rings. The average molecular weight is 298 g/mol. The van der Waals surface area contributed by atoms with Gasteiger partial charge in [0.15, 0.2) is 0 Å². The van der Waals surface area contributed by atoms with Gasteiger partial charge in [0.1, 0.15) is 18.2 Å². The van der Waals surface area contributed by atoms with Gasteiger partial charge in [0.25, 0.3) is 5.95 Å². The van der Waals surface area contributed by atoms with Gasteiger partial charge in [0, 0.05) is 7.05 Å². The maximum atomic E-state index is 5.76. The quantitative estimate of drug-likeness (QED) is 0.820. The molecule has 22 heavy (non-hydrogen) atoms. The van der Waals surface area contributed by atoms with Gasteiger partial charge in [-0.1, -0.05) is 25.2 Å². The van der Waals surface area contributed by atoms with Crippen LogP contribution in [0.15, 0.2) is 12.7 Å². The molecule has 2 aromatic rings. The summed E-state index contributed by atoms with van der Waals surface area (Å²) in [6.45, 7) is 0. The topological polar surface area (TPSA) is 93.4 Å². The summed E-state index contributed by atoms with van der Waals surface area (Å²) < 4.78 is 1.48. The van der Waals surface area contributed by atoms with Crippen molar-refractivity contribution in [1.29, 1.82) is 0 Å². The lowest BCUT2D eigenvalue weighted by Gasteiger charge is -2.33. The van der Waals surface area contributed by atoms with Gasteiger partial charge < -0.3 is 10.6 Å². The van der Waals surface area contributed by atoms with E-state index in [2.05, 4.69) is 41.6 Å². The zero-order valence-corrected chi connectivity index (χ0v) is 12.5. The summed E-state index contributed by atoms with van der Waals surface area (Å²) in [5.41, 5.74) is -0.385. The van der Waals surface area contributed by atoms with E-state index in [4.69, 9.17) is 6.42 Å². The fourth-order valence-electron chi connectivity index (χ4n) is 2.62. The first kappa shape index (κ1) is 14.3. The van der Waals surface area contributed by atoms with Crippen LogP contribution in [0.25, 0.3) is 5.95 Å². The number of nitrogens with one attached hydrogen (secondary N) is 2. The molecule has 0 atom stereocenters. The predicted molar refractivity (Wildman–Crippen MR) is 82.6 cm³/mol. The second-order valence-corrected chi connectivity index (χ2v) is 5.28. The zero-order valence-electron chi connectivity index (χ0n) is 12.5. The van der Waals surface area contributed by atoms with Crippen LogP contribution in [0.4, 0.5) is 11.9 Å². The van der Waals surface area contributed by atoms with Crippen LogP contribution in [0.5, 0.6) is 0 Å². The Labute approximate surface area is 128 Å². The van der Waals surface area contributed by atoms with E-state index in [9.17, 15) is 0 Å². The average Bonchev–Trinajstić information content (AvgIpc) is 3.10. The highest BCUT2D eigenvalue weighted by Crippen LogP contribution is 2.30. The summed E-state index contributed by atoms with van der Waals surface area (Å²) in [6.07, 6.45) is 14.0. The Hall–Kier alpha value is -2.69. The molecule has 8 heteroatoms. The maximum absolute atomic E-state index is 5.76. The van der Waals surface area contributed by atoms with E-state index in [0.29, 0.717) is 17.8 Å². The Morgan fingerprint density at radius 3 is 2.59 bits per heavy atom. The van der Waals surface area contributed by atoms with E-state index in [-0.39, 0.29) is 5.54 Å². The van der Waals surface area contributed by atoms with Crippen LogP contribution in [0.2, 0.25) is 0 Å². The highest BCUT2D eigenvalue weighted by Gasteiger charge is 2.30. The fraction of sp³-hybridized carbons (Fsp3) is 0.500. The molecule has 0 bridgehead atoms. The molecule has 1 fully saturated rings. The number of terminal acetylenes is 1. The Morgan fingerprint density at radius 1 is 1.18 bits per heavy atom. The molecular formula is C14H18N8. The lowest BCUT2D eigenvalue weighted by atomic mass is 9.82. The lowest BCUT2D eigenvalue weighted by Crippen LogP contribution is -2.39. The molecule has 114 valence electrons. The van der Waals surface area contributed by atoms with E-state index >= 15 is 0 Å². The van der Waals surface area contributed by atoms with Crippen LogP contribution in [0.1, 0.15) is 32.1 Å². The molecule has 0 spiro atoms. The Balaban J connectivity index is 1.93. The summed E-state index contributed by atoms with van der Waals surface area (Å²) >= 11 is 0. The Kier molecular flexibility index (Phi) is 3.87. The molecule has 0 aromatic carbocycles. The van der Waals surface area contributed by atoms with Crippen molar-refractivity contribution in [3.63, 3.8) is 0 Å². The number of hydrogen-bond donors (Lipinski definition) is 2. The number of rotatable bonds is 4. The third-order valence-corrected chi connectivity index (χ3v) is 3.81. The minimum Gasteiger partial charge on any atom is -0.357 e. The highest BCUT2D eigenvalue weighted by molar-refractivity contribution is 5.42. The van der Waals surface area contributed by atoms with Crippen LogP contribution in [-0.2, 0) is 0 Å². The van der Waals surface area contributed by atoms with Crippen LogP contribution in [0.3, 0.4) is 0 Å². The SMILES string of the molecule is C#CC1(Nc2nc(NC)nc(-n3cncn3)n2)CCCCC1. The first-order valence-electron chi connectivity index (χ1n) is 7.29. The van der Waals surface area contributed by atoms with Crippen molar-refractivity contribution >= 4 is 11.9 Å². The second-order valence-electron chi connectivity index (χ2n) is 5.28. The normalized spacial score (nSPS) is 16.7. The van der Waals surface area contributed by atoms with Crippen LogP contribution >= 0.6 is 0 Å². The molecule has 2 heterocycles. The molecule has 3 rings (SSSR count). The van der Waals surface area contributed by atoms with Crippen molar-refractivity contribution < 1.29 is 0 Å². The third-order valence-electron chi connectivity index (χ3n) is 3.81. The van der Waals surface area contributed by atoms with Crippen molar-refractivity contribution in [3.05, 3.63) is 12.7 Å². The number of hydrogen-bond acceptors (Lipinski definition) is 7. The first-order chi connectivity index (χ1) is 10.7. The van der Waals surface area contributed by atoms with Gasteiger partial charge in [-0.15, -0.1) is 6.42 Å². The van der Waals surface area contributed by atoms with E-state index in [1.807, 2.05) is 0 Å². The van der Waals surface area contributed by atoms with Crippen molar-refractivity contribution in [2.24, 2.45) is 0 Å². The van der Waals surface area contributed by atoms with E-state index in [0.717, 1.165) is 25.7 Å². The van der Waals surface area contributed by atoms with Crippen molar-refractivity contribution in [2.45, 2.75) is 37.6 Å². The first-order valence-corrected chi connectivity index (χ1v) is 7.29. The summed E-state index contributed by atoms with van der Waals surface area (Å²) in [7, 11) is 1.75. The summed E-state index contributed by atoms with van der Waals surface area (Å²) in [5, 5.41) is 10.3. The van der Waals surface area contributed by atoms with E-state index < -0.39 is 0 Å². The molecule has 1 aliphatic carbocycles. The van der Waals surface area contributed by atoms with Crippen LogP contribution in [0, 0.1) is 12.3 Å². The van der Waals surface area contributed by atoms with Crippen LogP contribution in [-0.4, -0.2) is 42.3 Å². The Bertz CT molecular complexity index is 667. The van der Waals surface area contributed by atoms with E-state index in [1.54, 1.807) is 7.05 Å². The van der Waals surface area contributed by atoms with Gasteiger partial charge in [-0.2, -0.15) is 24.7 Å². The highest BCUT2D eigenvalue weighted by atomic mass is 15.4. The lowest BCUT2D eigenvalue weighted by molar-refractivity contribution is 0.394. The van der Waals surface area contributed by atoms with Crippen molar-refractivity contribution in [2.75, 3.05) is 17.7 Å². The van der Waals surface area contributed by atoms with Gasteiger partial charge in [-0.25, -0.2) is 4.98 Å². The molecule has 1 saturated carbocycles. The van der Waals surface area contributed by atoms with Gasteiger partial charge in [-0.3, -0.25) is 0 Å². The molecule has 0 aliphatic heterocycles. The monoisotopic (exact) mass is 298 g/mol. The molecule has 0 amide bonds. The number of nitrogens with zero attached hydrogens (tertiary/aromatic N) is 6. The number of anilines is 2. The van der Waals surface area contributed by atoms with Gasteiger partial charge in [0.2, 0.25) is 11.9 Å². The summed E-state index contributed by atoms with van der Waals surface area (Å²) in [6, 6.07) is 0. The molecular weight excluding hydrogens is 280 g/mol. The number of aromatic nitrogens is 6. The molecule has 0 unspecified atom stereocenters. The largest absolute Gasteiger partial charge is 0.357 e. The minimum atomic E-state index is -0.385. The van der Waals surface area contributed by atoms with Crippen molar-refractivity contribution in [1.82, 2.24) is 29.7 Å². The third kappa shape index (κ3) is 2.83. The maximum Gasteiger partial charge on any atom is 0.258 e. The minimum absolute atomic E-state index is 0.385. The van der Waals surface area contributed by atoms with Crippen LogP contribution < -0.4 is 10.6 Å². The van der Waals surface area contributed by atoms with Crippen molar-refractivity contribution in [3.8, 4) is 18.3 Å². The summed E-state index contributed by atoms with van der Waals surface area (Å²) in [5.74, 6) is 4.18. The molecule has 0 radical (unpaired) electrons. The summed E-state index contributed by atoms with van der Waals surface area (Å²) in [4.78, 5) is 16.9. The molecule has 8 nitrogen and oxygen atoms in total. The second kappa shape index (κ2) is 5.97. The molecule has 0 saturated heterocycles. The van der Waals surface area contributed by atoms with Gasteiger partial charge >= 0.3 is 0 Å². The molecule has 2 N–H and O–H groups in total. The Morgan fingerprint density at radius 2 is 1.95 bits per heavy atom. The molecule has 2 aromatic heterocycles. The van der Waals surface area contributed by atoms with E-state index in [1.165, 1.54) is 23.8 Å². The van der Waals surface area contributed by atoms with Gasteiger partial charge in [0.05, 0.1) is 0 Å². The fourth-order valence-corrected chi connectivity index (χ4v) is 2.62. The zero-order chi connectivity index (χ0) is 15.4. The smallest absolute Gasteiger partial charge is 0.258 e. The van der Waals surface area contributed by atoms with Gasteiger partial charge in [-0.05, 0) is 12.8 Å². The predicted octanol–water partition coefficient (Wildman–Crippen LogP) is 1.24. The standard InChI is InChI=1S/C14H18N8/c1-3-14(7-5-4-6-8-14)21-12-18-11(15-2)19-13(20-12)22-10-16-9-17-22/h1,9-10H,4-8H2,2H3,(H2,15,18,19,20,21).